The first-order chi connectivity index (χ1) is 12.0. The molecule has 10 nitrogen and oxygen atoms in total. The van der Waals surface area contributed by atoms with Crippen LogP contribution in [-0.4, -0.2) is 38.6 Å². The lowest BCUT2D eigenvalue weighted by Gasteiger charge is -2.04. The number of amides is 2. The summed E-state index contributed by atoms with van der Waals surface area (Å²) >= 11 is 0. The van der Waals surface area contributed by atoms with Crippen molar-refractivity contribution in [3.8, 4) is 0 Å². The van der Waals surface area contributed by atoms with E-state index in [2.05, 4.69) is 25.9 Å². The lowest BCUT2D eigenvalue weighted by molar-refractivity contribution is -0.116. The molecule has 0 spiro atoms. The van der Waals surface area contributed by atoms with Crippen LogP contribution in [-0.2, 0) is 16.1 Å². The molecule has 0 aliphatic rings. The zero-order valence-electron chi connectivity index (χ0n) is 13.6. The first-order valence-corrected chi connectivity index (χ1v) is 7.54. The fourth-order valence-electron chi connectivity index (χ4n) is 2.17. The molecule has 3 rings (SSSR count). The Labute approximate surface area is 142 Å². The monoisotopic (exact) mass is 344 g/mol. The van der Waals surface area contributed by atoms with Crippen LogP contribution in [0.5, 0.6) is 0 Å². The van der Waals surface area contributed by atoms with Crippen molar-refractivity contribution in [1.29, 1.82) is 0 Å². The molecule has 2 amide bonds. The predicted molar refractivity (Wildman–Crippen MR) is 88.0 cm³/mol. The maximum Gasteiger partial charge on any atom is 0.412 e. The molecule has 3 aromatic rings. The van der Waals surface area contributed by atoms with Gasteiger partial charge in [-0.2, -0.15) is 0 Å². The van der Waals surface area contributed by atoms with Crippen LogP contribution in [0, 0.1) is 6.92 Å². The van der Waals surface area contributed by atoms with Crippen molar-refractivity contribution in [3.05, 3.63) is 30.3 Å². The summed E-state index contributed by atoms with van der Waals surface area (Å²) in [6, 6.07) is 5.18. The van der Waals surface area contributed by atoms with Gasteiger partial charge in [-0.05, 0) is 25.1 Å². The second kappa shape index (κ2) is 6.99. The summed E-state index contributed by atoms with van der Waals surface area (Å²) in [5.41, 5.74) is 1.91. The highest BCUT2D eigenvalue weighted by Crippen LogP contribution is 2.19. The van der Waals surface area contributed by atoms with E-state index in [4.69, 9.17) is 9.15 Å². The molecule has 0 radical (unpaired) electrons. The summed E-state index contributed by atoms with van der Waals surface area (Å²) < 4.78 is 11.4. The Bertz CT molecular complexity index is 916. The summed E-state index contributed by atoms with van der Waals surface area (Å²) in [4.78, 5) is 27.6. The molecule has 10 heteroatoms. The van der Waals surface area contributed by atoms with E-state index in [-0.39, 0.29) is 24.9 Å². The molecule has 0 fully saturated rings. The van der Waals surface area contributed by atoms with E-state index in [0.717, 1.165) is 0 Å². The van der Waals surface area contributed by atoms with Crippen LogP contribution in [0.25, 0.3) is 11.1 Å². The molecule has 0 unspecified atom stereocenters. The molecule has 130 valence electrons. The van der Waals surface area contributed by atoms with Crippen molar-refractivity contribution in [2.24, 2.45) is 0 Å². The maximum absolute atomic E-state index is 12.1. The summed E-state index contributed by atoms with van der Waals surface area (Å²) in [7, 11) is 0. The lowest BCUT2D eigenvalue weighted by atomic mass is 10.3. The van der Waals surface area contributed by atoms with E-state index in [1.54, 1.807) is 32.0 Å². The Hall–Kier alpha value is -3.43. The minimum atomic E-state index is -0.629. The number of rotatable bonds is 5. The molecule has 2 heterocycles. The van der Waals surface area contributed by atoms with E-state index in [9.17, 15) is 9.59 Å². The summed E-state index contributed by atoms with van der Waals surface area (Å²) in [6.45, 7) is 3.63. The van der Waals surface area contributed by atoms with Gasteiger partial charge in [-0.15, -0.1) is 5.10 Å². The number of anilines is 2. The van der Waals surface area contributed by atoms with Gasteiger partial charge in [0.25, 0.3) is 0 Å². The van der Waals surface area contributed by atoms with Gasteiger partial charge in [0.05, 0.1) is 12.8 Å². The molecule has 0 saturated carbocycles. The molecule has 0 aliphatic heterocycles. The van der Waals surface area contributed by atoms with Gasteiger partial charge in [0.2, 0.25) is 5.91 Å². The van der Waals surface area contributed by atoms with Crippen LogP contribution in [0.2, 0.25) is 0 Å². The van der Waals surface area contributed by atoms with Gasteiger partial charge < -0.3 is 14.5 Å². The predicted octanol–water partition coefficient (Wildman–Crippen LogP) is 1.93. The third kappa shape index (κ3) is 4.10. The largest absolute Gasteiger partial charge is 0.450 e. The zero-order chi connectivity index (χ0) is 17.8. The minimum absolute atomic E-state index is 0.0621. The number of hydrogen-bond donors (Lipinski definition) is 2. The van der Waals surface area contributed by atoms with Gasteiger partial charge >= 0.3 is 6.09 Å². The number of benzene rings is 1. The number of carbonyl (C=O) groups is 2. The van der Waals surface area contributed by atoms with Crippen molar-refractivity contribution in [1.82, 2.24) is 20.0 Å². The number of nitrogens with zero attached hydrogens (tertiary/aromatic N) is 4. The van der Waals surface area contributed by atoms with Gasteiger partial charge in [0.15, 0.2) is 17.3 Å². The van der Waals surface area contributed by atoms with E-state index in [1.807, 2.05) is 0 Å². The fourth-order valence-corrected chi connectivity index (χ4v) is 2.17. The van der Waals surface area contributed by atoms with Crippen LogP contribution in [0.15, 0.2) is 28.8 Å². The average molecular weight is 344 g/mol. The first kappa shape index (κ1) is 16.4. The van der Waals surface area contributed by atoms with Crippen molar-refractivity contribution in [2.45, 2.75) is 20.4 Å². The van der Waals surface area contributed by atoms with Crippen LogP contribution >= 0.6 is 0 Å². The number of nitrogens with one attached hydrogen (secondary N) is 2. The molecule has 0 saturated heterocycles. The zero-order valence-corrected chi connectivity index (χ0v) is 13.6. The number of fused-ring (bicyclic) bond motifs is 1. The molecule has 25 heavy (non-hydrogen) atoms. The molecule has 0 bridgehead atoms. The van der Waals surface area contributed by atoms with Crippen LogP contribution in [0.1, 0.15) is 12.8 Å². The Kier molecular flexibility index (Phi) is 4.59. The number of oxazole rings is 1. The highest BCUT2D eigenvalue weighted by Gasteiger charge is 2.10. The molecular weight excluding hydrogens is 328 g/mol. The molecule has 2 aromatic heterocycles. The number of hydrogen-bond acceptors (Lipinski definition) is 7. The summed E-state index contributed by atoms with van der Waals surface area (Å²) in [5, 5.41) is 12.7. The molecule has 2 N–H and O–H groups in total. The van der Waals surface area contributed by atoms with Gasteiger partial charge in [0.1, 0.15) is 12.1 Å². The van der Waals surface area contributed by atoms with Gasteiger partial charge in [-0.1, -0.05) is 5.21 Å². The number of aryl methyl sites for hydroxylation is 1. The number of ether oxygens (including phenoxy) is 1. The van der Waals surface area contributed by atoms with E-state index in [0.29, 0.717) is 22.7 Å². The quantitative estimate of drug-likeness (QED) is 0.724. The SMILES string of the molecule is CCOC(=O)Nc1cn(CC(=O)Nc2ccc3oc(C)nc3c2)nn1. The lowest BCUT2D eigenvalue weighted by Crippen LogP contribution is -2.19. The second-order valence-corrected chi connectivity index (χ2v) is 5.11. The van der Waals surface area contributed by atoms with Gasteiger partial charge in [0, 0.05) is 12.6 Å². The van der Waals surface area contributed by atoms with Crippen LogP contribution in [0.4, 0.5) is 16.3 Å². The number of carbonyl (C=O) groups excluding carboxylic acids is 2. The number of aromatic nitrogens is 4. The Morgan fingerprint density at radius 2 is 2.16 bits per heavy atom. The van der Waals surface area contributed by atoms with E-state index < -0.39 is 6.09 Å². The first-order valence-electron chi connectivity index (χ1n) is 7.54. The summed E-state index contributed by atoms with van der Waals surface area (Å²) in [5.74, 6) is 0.459. The second-order valence-electron chi connectivity index (χ2n) is 5.11. The van der Waals surface area contributed by atoms with Crippen molar-refractivity contribution in [3.63, 3.8) is 0 Å². The van der Waals surface area contributed by atoms with Crippen LogP contribution < -0.4 is 10.6 Å². The Balaban J connectivity index is 1.60. The standard InChI is InChI=1S/C15H16N6O4/c1-3-24-15(23)18-13-7-21(20-19-13)8-14(22)17-10-4-5-12-11(6-10)16-9(2)25-12/h4-7H,3,8H2,1-2H3,(H,17,22)(H,18,23). The van der Waals surface area contributed by atoms with Crippen molar-refractivity contribution in [2.75, 3.05) is 17.2 Å². The third-order valence-corrected chi connectivity index (χ3v) is 3.13. The Morgan fingerprint density at radius 3 is 2.96 bits per heavy atom. The van der Waals surface area contributed by atoms with E-state index in [1.165, 1.54) is 10.9 Å². The summed E-state index contributed by atoms with van der Waals surface area (Å²) in [6.07, 6.45) is 0.802. The average Bonchev–Trinajstić information content (AvgIpc) is 3.12. The molecule has 0 atom stereocenters. The molecule has 1 aromatic carbocycles. The van der Waals surface area contributed by atoms with Crippen molar-refractivity contribution >= 4 is 34.6 Å². The highest BCUT2D eigenvalue weighted by atomic mass is 16.5. The molecular formula is C15H16N6O4. The highest BCUT2D eigenvalue weighted by molar-refractivity contribution is 5.92. The van der Waals surface area contributed by atoms with Crippen LogP contribution in [0.3, 0.4) is 0 Å². The minimum Gasteiger partial charge on any atom is -0.450 e. The van der Waals surface area contributed by atoms with Crippen molar-refractivity contribution < 1.29 is 18.7 Å². The van der Waals surface area contributed by atoms with Gasteiger partial charge in [-0.3, -0.25) is 10.1 Å². The fraction of sp³-hybridized carbons (Fsp3) is 0.267. The smallest absolute Gasteiger partial charge is 0.412 e. The topological polar surface area (TPSA) is 124 Å². The normalized spacial score (nSPS) is 10.6. The molecule has 0 aliphatic carbocycles. The van der Waals surface area contributed by atoms with E-state index >= 15 is 0 Å². The Morgan fingerprint density at radius 1 is 1.32 bits per heavy atom. The maximum atomic E-state index is 12.1. The third-order valence-electron chi connectivity index (χ3n) is 3.13. The van der Waals surface area contributed by atoms with Gasteiger partial charge in [-0.25, -0.2) is 14.5 Å².